The molecule has 1 aromatic rings. The van der Waals surface area contributed by atoms with Crippen molar-refractivity contribution in [3.8, 4) is 0 Å². The molecule has 0 radical (unpaired) electrons. The lowest BCUT2D eigenvalue weighted by atomic mass is 10.1. The molecule has 3 heteroatoms. The molecular formula is C9H15N3. The minimum Gasteiger partial charge on any atom is -0.364 e. The monoisotopic (exact) mass is 165 g/mol. The number of anilines is 1. The molecule has 3 nitrogen and oxygen atoms in total. The molecule has 1 heterocycles. The number of nitrogens with zero attached hydrogens (tertiary/aromatic N) is 2. The van der Waals surface area contributed by atoms with Crippen molar-refractivity contribution in [1.82, 2.24) is 10.2 Å². The summed E-state index contributed by atoms with van der Waals surface area (Å²) in [7, 11) is 0. The molecule has 12 heavy (non-hydrogen) atoms. The van der Waals surface area contributed by atoms with Crippen LogP contribution in [0.5, 0.6) is 0 Å². The van der Waals surface area contributed by atoms with Gasteiger partial charge < -0.3 is 5.32 Å². The zero-order valence-corrected chi connectivity index (χ0v) is 8.05. The van der Waals surface area contributed by atoms with Gasteiger partial charge in [-0.1, -0.05) is 0 Å². The number of rotatable bonds is 1. The quantitative estimate of drug-likeness (QED) is 0.691. The van der Waals surface area contributed by atoms with Gasteiger partial charge in [-0.2, -0.15) is 5.10 Å². The van der Waals surface area contributed by atoms with Crippen molar-refractivity contribution >= 4 is 5.82 Å². The standard InChI is InChI=1S/C9H15N3/c1-7-5-8(12-10-6-7)11-9(2,3)4/h5-6H,1-4H3,(H,11,12). The van der Waals surface area contributed by atoms with Crippen LogP contribution in [-0.2, 0) is 0 Å². The molecule has 0 saturated carbocycles. The summed E-state index contributed by atoms with van der Waals surface area (Å²) in [6.45, 7) is 8.29. The highest BCUT2D eigenvalue weighted by Gasteiger charge is 2.09. The van der Waals surface area contributed by atoms with Crippen LogP contribution in [0.1, 0.15) is 26.3 Å². The Morgan fingerprint density at radius 3 is 2.50 bits per heavy atom. The molecule has 0 atom stereocenters. The van der Waals surface area contributed by atoms with E-state index in [-0.39, 0.29) is 5.54 Å². The van der Waals surface area contributed by atoms with Gasteiger partial charge in [0, 0.05) is 5.54 Å². The van der Waals surface area contributed by atoms with Gasteiger partial charge >= 0.3 is 0 Å². The van der Waals surface area contributed by atoms with Crippen LogP contribution < -0.4 is 5.32 Å². The average Bonchev–Trinajstić information content (AvgIpc) is 1.82. The summed E-state index contributed by atoms with van der Waals surface area (Å²) in [5, 5.41) is 11.1. The average molecular weight is 165 g/mol. The van der Waals surface area contributed by atoms with Crippen molar-refractivity contribution in [2.75, 3.05) is 5.32 Å². The first-order valence-electron chi connectivity index (χ1n) is 4.05. The fourth-order valence-corrected chi connectivity index (χ4v) is 0.909. The molecule has 0 spiro atoms. The zero-order valence-electron chi connectivity index (χ0n) is 8.05. The molecule has 0 aliphatic rings. The molecule has 0 fully saturated rings. The predicted octanol–water partition coefficient (Wildman–Crippen LogP) is 2.00. The minimum absolute atomic E-state index is 0.0441. The molecule has 0 amide bonds. The predicted molar refractivity (Wildman–Crippen MR) is 50.1 cm³/mol. The van der Waals surface area contributed by atoms with Crippen molar-refractivity contribution in [3.63, 3.8) is 0 Å². The van der Waals surface area contributed by atoms with E-state index in [1.165, 1.54) is 0 Å². The van der Waals surface area contributed by atoms with Gasteiger partial charge in [0.2, 0.25) is 0 Å². The Morgan fingerprint density at radius 1 is 1.33 bits per heavy atom. The normalized spacial score (nSPS) is 11.3. The summed E-state index contributed by atoms with van der Waals surface area (Å²) >= 11 is 0. The second-order valence-corrected chi connectivity index (χ2v) is 3.99. The van der Waals surface area contributed by atoms with E-state index in [0.29, 0.717) is 0 Å². The molecule has 0 saturated heterocycles. The largest absolute Gasteiger partial charge is 0.364 e. The maximum atomic E-state index is 3.96. The number of hydrogen-bond acceptors (Lipinski definition) is 3. The van der Waals surface area contributed by atoms with Gasteiger partial charge in [0.1, 0.15) is 5.82 Å². The molecule has 0 unspecified atom stereocenters. The van der Waals surface area contributed by atoms with Crippen molar-refractivity contribution in [2.24, 2.45) is 0 Å². The Bertz CT molecular complexity index is 263. The fraction of sp³-hybridized carbons (Fsp3) is 0.556. The van der Waals surface area contributed by atoms with Crippen molar-refractivity contribution in [3.05, 3.63) is 17.8 Å². The Hall–Kier alpha value is -1.12. The molecule has 66 valence electrons. The van der Waals surface area contributed by atoms with Gasteiger partial charge in [0.15, 0.2) is 0 Å². The number of nitrogens with one attached hydrogen (secondary N) is 1. The van der Waals surface area contributed by atoms with Crippen LogP contribution in [0.3, 0.4) is 0 Å². The van der Waals surface area contributed by atoms with E-state index in [4.69, 9.17) is 0 Å². The summed E-state index contributed by atoms with van der Waals surface area (Å²) in [6, 6.07) is 1.98. The fourth-order valence-electron chi connectivity index (χ4n) is 0.909. The first-order chi connectivity index (χ1) is 5.47. The topological polar surface area (TPSA) is 37.8 Å². The molecular weight excluding hydrogens is 150 g/mol. The lowest BCUT2D eigenvalue weighted by molar-refractivity contribution is 0.628. The van der Waals surface area contributed by atoms with Crippen LogP contribution in [0, 0.1) is 6.92 Å². The van der Waals surface area contributed by atoms with E-state index >= 15 is 0 Å². The lowest BCUT2D eigenvalue weighted by Crippen LogP contribution is -2.26. The van der Waals surface area contributed by atoms with Gasteiger partial charge in [-0.3, -0.25) is 0 Å². The highest BCUT2D eigenvalue weighted by molar-refractivity contribution is 5.37. The molecule has 1 aromatic heterocycles. The highest BCUT2D eigenvalue weighted by Crippen LogP contribution is 2.11. The second-order valence-electron chi connectivity index (χ2n) is 3.99. The summed E-state index contributed by atoms with van der Waals surface area (Å²) in [5.41, 5.74) is 1.17. The third-order valence-electron chi connectivity index (χ3n) is 1.29. The van der Waals surface area contributed by atoms with Gasteiger partial charge in [0.25, 0.3) is 0 Å². The van der Waals surface area contributed by atoms with Crippen molar-refractivity contribution in [1.29, 1.82) is 0 Å². The van der Waals surface area contributed by atoms with Crippen LogP contribution in [0.4, 0.5) is 5.82 Å². The molecule has 1 rings (SSSR count). The van der Waals surface area contributed by atoms with Gasteiger partial charge in [-0.25, -0.2) is 0 Å². The van der Waals surface area contributed by atoms with E-state index in [1.807, 2.05) is 13.0 Å². The second kappa shape index (κ2) is 3.09. The van der Waals surface area contributed by atoms with Crippen LogP contribution >= 0.6 is 0 Å². The molecule has 0 bridgehead atoms. The Labute approximate surface area is 73.2 Å². The van der Waals surface area contributed by atoms with Gasteiger partial charge in [0.05, 0.1) is 6.20 Å². The summed E-state index contributed by atoms with van der Waals surface area (Å²) in [5.74, 6) is 0.836. The van der Waals surface area contributed by atoms with Crippen LogP contribution in [0.25, 0.3) is 0 Å². The Morgan fingerprint density at radius 2 is 2.00 bits per heavy atom. The zero-order chi connectivity index (χ0) is 9.19. The van der Waals surface area contributed by atoms with Crippen molar-refractivity contribution < 1.29 is 0 Å². The third kappa shape index (κ3) is 2.86. The highest BCUT2D eigenvalue weighted by atomic mass is 15.2. The van der Waals surface area contributed by atoms with Crippen molar-refractivity contribution in [2.45, 2.75) is 33.2 Å². The summed E-state index contributed by atoms with van der Waals surface area (Å²) in [6.07, 6.45) is 1.74. The van der Waals surface area contributed by atoms with Gasteiger partial charge in [-0.05, 0) is 39.3 Å². The van der Waals surface area contributed by atoms with Crippen LogP contribution in [0.2, 0.25) is 0 Å². The first kappa shape index (κ1) is 8.97. The van der Waals surface area contributed by atoms with E-state index < -0.39 is 0 Å². The van der Waals surface area contributed by atoms with Crippen LogP contribution in [0.15, 0.2) is 12.3 Å². The number of hydrogen-bond donors (Lipinski definition) is 1. The smallest absolute Gasteiger partial charge is 0.149 e. The van der Waals surface area contributed by atoms with E-state index in [1.54, 1.807) is 6.20 Å². The molecule has 1 N–H and O–H groups in total. The maximum Gasteiger partial charge on any atom is 0.149 e. The SMILES string of the molecule is Cc1cnnc(NC(C)(C)C)c1. The van der Waals surface area contributed by atoms with Gasteiger partial charge in [-0.15, -0.1) is 5.10 Å². The minimum atomic E-state index is 0.0441. The summed E-state index contributed by atoms with van der Waals surface area (Å²) < 4.78 is 0. The molecule has 0 aliphatic carbocycles. The summed E-state index contributed by atoms with van der Waals surface area (Å²) in [4.78, 5) is 0. The Balaban J connectivity index is 2.77. The van der Waals surface area contributed by atoms with E-state index in [9.17, 15) is 0 Å². The third-order valence-corrected chi connectivity index (χ3v) is 1.29. The Kier molecular flexibility index (Phi) is 2.31. The molecule has 0 aromatic carbocycles. The maximum absolute atomic E-state index is 3.96. The van der Waals surface area contributed by atoms with E-state index in [0.717, 1.165) is 11.4 Å². The number of aromatic nitrogens is 2. The number of aryl methyl sites for hydroxylation is 1. The lowest BCUT2D eigenvalue weighted by Gasteiger charge is -2.20. The van der Waals surface area contributed by atoms with E-state index in [2.05, 4.69) is 36.3 Å². The molecule has 0 aliphatic heterocycles. The first-order valence-corrected chi connectivity index (χ1v) is 4.05. The van der Waals surface area contributed by atoms with Crippen LogP contribution in [-0.4, -0.2) is 15.7 Å².